The lowest BCUT2D eigenvalue weighted by atomic mass is 9.83. The molecule has 0 aromatic carbocycles. The first-order chi connectivity index (χ1) is 11.3. The van der Waals surface area contributed by atoms with Crippen molar-refractivity contribution in [2.45, 2.75) is 51.4 Å². The highest BCUT2D eigenvalue weighted by molar-refractivity contribution is 5.79. The van der Waals surface area contributed by atoms with E-state index in [0.29, 0.717) is 5.41 Å². The van der Waals surface area contributed by atoms with E-state index in [1.54, 1.807) is 7.11 Å². The van der Waals surface area contributed by atoms with E-state index in [1.807, 2.05) is 7.05 Å². The average molecular weight is 325 g/mol. The second kappa shape index (κ2) is 10.1. The number of nitrogens with one attached hydrogen (secondary N) is 2. The Hall–Kier alpha value is -0.810. The molecule has 0 unspecified atom stereocenters. The summed E-state index contributed by atoms with van der Waals surface area (Å²) in [5, 5.41) is 7.04. The molecule has 1 heterocycles. The van der Waals surface area contributed by atoms with Crippen LogP contribution in [0.1, 0.15) is 51.4 Å². The van der Waals surface area contributed by atoms with Gasteiger partial charge < -0.3 is 20.3 Å². The molecule has 1 saturated heterocycles. The van der Waals surface area contributed by atoms with Gasteiger partial charge in [-0.05, 0) is 50.6 Å². The molecule has 1 aliphatic carbocycles. The van der Waals surface area contributed by atoms with E-state index in [4.69, 9.17) is 4.74 Å². The number of nitrogens with zero attached hydrogens (tertiary/aromatic N) is 2. The number of hydrogen-bond acceptors (Lipinski definition) is 3. The maximum absolute atomic E-state index is 5.31. The first-order valence-electron chi connectivity index (χ1n) is 9.44. The molecule has 0 radical (unpaired) electrons. The molecule has 2 aliphatic rings. The third kappa shape index (κ3) is 6.30. The Bertz CT molecular complexity index is 347. The highest BCUT2D eigenvalue weighted by Gasteiger charge is 2.33. The standard InChI is InChI=1S/C18H36N4O/c1-19-17(20-11-14-22-12-6-3-7-13-22)21-16-18(10-15-23-2)8-4-5-9-18/h3-16H2,1-2H3,(H2,19,20,21). The smallest absolute Gasteiger partial charge is 0.191 e. The van der Waals surface area contributed by atoms with Crippen molar-refractivity contribution in [2.75, 3.05) is 53.5 Å². The molecule has 2 N–H and O–H groups in total. The fourth-order valence-electron chi connectivity index (χ4n) is 3.97. The monoisotopic (exact) mass is 324 g/mol. The molecule has 0 bridgehead atoms. The van der Waals surface area contributed by atoms with Gasteiger partial charge in [0.25, 0.3) is 0 Å². The van der Waals surface area contributed by atoms with Gasteiger partial charge in [0, 0.05) is 40.4 Å². The van der Waals surface area contributed by atoms with Crippen LogP contribution in [-0.4, -0.2) is 64.3 Å². The predicted molar refractivity (Wildman–Crippen MR) is 97.0 cm³/mol. The van der Waals surface area contributed by atoms with Crippen molar-refractivity contribution in [3.8, 4) is 0 Å². The van der Waals surface area contributed by atoms with Gasteiger partial charge in [-0.15, -0.1) is 0 Å². The van der Waals surface area contributed by atoms with E-state index in [0.717, 1.165) is 38.6 Å². The van der Waals surface area contributed by atoms with Gasteiger partial charge in [-0.25, -0.2) is 0 Å². The number of likely N-dealkylation sites (tertiary alicyclic amines) is 1. The van der Waals surface area contributed by atoms with Crippen LogP contribution in [0.3, 0.4) is 0 Å². The zero-order chi connectivity index (χ0) is 16.4. The van der Waals surface area contributed by atoms with E-state index in [2.05, 4.69) is 20.5 Å². The molecule has 0 spiro atoms. The normalized spacial score (nSPS) is 22.3. The van der Waals surface area contributed by atoms with Crippen LogP contribution in [0, 0.1) is 5.41 Å². The summed E-state index contributed by atoms with van der Waals surface area (Å²) >= 11 is 0. The SMILES string of the molecule is CN=C(NCCN1CCCCC1)NCC1(CCOC)CCCC1. The molecule has 2 fully saturated rings. The van der Waals surface area contributed by atoms with Crippen LogP contribution in [0.15, 0.2) is 4.99 Å². The summed E-state index contributed by atoms with van der Waals surface area (Å²) in [6.45, 7) is 6.49. The second-order valence-corrected chi connectivity index (χ2v) is 7.20. The molecule has 5 nitrogen and oxygen atoms in total. The largest absolute Gasteiger partial charge is 0.385 e. The number of methoxy groups -OCH3 is 1. The lowest BCUT2D eigenvalue weighted by Gasteiger charge is -2.30. The molecule has 1 saturated carbocycles. The van der Waals surface area contributed by atoms with Gasteiger partial charge in [-0.2, -0.15) is 0 Å². The van der Waals surface area contributed by atoms with Gasteiger partial charge in [0.2, 0.25) is 0 Å². The van der Waals surface area contributed by atoms with Gasteiger partial charge >= 0.3 is 0 Å². The van der Waals surface area contributed by atoms with Crippen molar-refractivity contribution >= 4 is 5.96 Å². The first kappa shape index (κ1) is 18.5. The van der Waals surface area contributed by atoms with Crippen molar-refractivity contribution in [3.63, 3.8) is 0 Å². The zero-order valence-corrected chi connectivity index (χ0v) is 15.2. The van der Waals surface area contributed by atoms with E-state index >= 15 is 0 Å². The van der Waals surface area contributed by atoms with Crippen LogP contribution in [0.4, 0.5) is 0 Å². The van der Waals surface area contributed by atoms with Gasteiger partial charge in [-0.1, -0.05) is 19.3 Å². The summed E-state index contributed by atoms with van der Waals surface area (Å²) in [6.07, 6.45) is 10.6. The molecular formula is C18H36N4O. The zero-order valence-electron chi connectivity index (χ0n) is 15.2. The Kier molecular flexibility index (Phi) is 8.17. The molecular weight excluding hydrogens is 288 g/mol. The van der Waals surface area contributed by atoms with Crippen LogP contribution in [0.25, 0.3) is 0 Å². The molecule has 0 aromatic rings. The van der Waals surface area contributed by atoms with Crippen LogP contribution in [0.2, 0.25) is 0 Å². The van der Waals surface area contributed by atoms with Gasteiger partial charge in [0.1, 0.15) is 0 Å². The summed E-state index contributed by atoms with van der Waals surface area (Å²) < 4.78 is 5.31. The molecule has 0 aromatic heterocycles. The van der Waals surface area contributed by atoms with Crippen LogP contribution >= 0.6 is 0 Å². The van der Waals surface area contributed by atoms with E-state index < -0.39 is 0 Å². The van der Waals surface area contributed by atoms with Gasteiger partial charge in [0.05, 0.1) is 0 Å². The Balaban J connectivity index is 1.68. The fraction of sp³-hybridized carbons (Fsp3) is 0.944. The number of aliphatic imine (C=N–C) groups is 1. The van der Waals surface area contributed by atoms with Gasteiger partial charge in [-0.3, -0.25) is 4.99 Å². The number of rotatable bonds is 8. The lowest BCUT2D eigenvalue weighted by molar-refractivity contribution is 0.138. The maximum atomic E-state index is 5.31. The molecule has 0 atom stereocenters. The van der Waals surface area contributed by atoms with E-state index in [-0.39, 0.29) is 0 Å². The van der Waals surface area contributed by atoms with Crippen LogP contribution in [-0.2, 0) is 4.74 Å². The summed E-state index contributed by atoms with van der Waals surface area (Å²) in [5.41, 5.74) is 0.403. The average Bonchev–Trinajstić information content (AvgIpc) is 3.06. The summed E-state index contributed by atoms with van der Waals surface area (Å²) in [5.74, 6) is 0.950. The minimum Gasteiger partial charge on any atom is -0.385 e. The topological polar surface area (TPSA) is 48.9 Å². The number of guanidine groups is 1. The van der Waals surface area contributed by atoms with Crippen molar-refractivity contribution < 1.29 is 4.74 Å². The number of ether oxygens (including phenoxy) is 1. The fourth-order valence-corrected chi connectivity index (χ4v) is 3.97. The van der Waals surface area contributed by atoms with Crippen molar-refractivity contribution in [1.29, 1.82) is 0 Å². The van der Waals surface area contributed by atoms with Crippen LogP contribution < -0.4 is 10.6 Å². The number of hydrogen-bond donors (Lipinski definition) is 2. The highest BCUT2D eigenvalue weighted by Crippen LogP contribution is 2.40. The Morgan fingerprint density at radius 3 is 2.48 bits per heavy atom. The van der Waals surface area contributed by atoms with Crippen molar-refractivity contribution in [2.24, 2.45) is 10.4 Å². The number of piperidine rings is 1. The Morgan fingerprint density at radius 2 is 1.83 bits per heavy atom. The molecule has 23 heavy (non-hydrogen) atoms. The molecule has 1 aliphatic heterocycles. The molecule has 134 valence electrons. The Labute approximate surface area is 142 Å². The van der Waals surface area contributed by atoms with E-state index in [1.165, 1.54) is 58.0 Å². The van der Waals surface area contributed by atoms with Crippen molar-refractivity contribution in [3.05, 3.63) is 0 Å². The third-order valence-corrected chi connectivity index (χ3v) is 5.52. The van der Waals surface area contributed by atoms with Crippen LogP contribution in [0.5, 0.6) is 0 Å². The minimum absolute atomic E-state index is 0.403. The molecule has 5 heteroatoms. The minimum atomic E-state index is 0.403. The highest BCUT2D eigenvalue weighted by atomic mass is 16.5. The van der Waals surface area contributed by atoms with E-state index in [9.17, 15) is 0 Å². The third-order valence-electron chi connectivity index (χ3n) is 5.52. The Morgan fingerprint density at radius 1 is 1.09 bits per heavy atom. The first-order valence-corrected chi connectivity index (χ1v) is 9.44. The maximum Gasteiger partial charge on any atom is 0.191 e. The summed E-state index contributed by atoms with van der Waals surface area (Å²) in [4.78, 5) is 6.94. The quantitative estimate of drug-likeness (QED) is 0.531. The second-order valence-electron chi connectivity index (χ2n) is 7.20. The summed E-state index contributed by atoms with van der Waals surface area (Å²) in [7, 11) is 3.67. The van der Waals surface area contributed by atoms with Gasteiger partial charge in [0.15, 0.2) is 5.96 Å². The van der Waals surface area contributed by atoms with Crippen molar-refractivity contribution in [1.82, 2.24) is 15.5 Å². The molecule has 2 rings (SSSR count). The predicted octanol–water partition coefficient (Wildman–Crippen LogP) is 2.23. The summed E-state index contributed by atoms with van der Waals surface area (Å²) in [6, 6.07) is 0. The lowest BCUT2D eigenvalue weighted by Crippen LogP contribution is -2.46. The molecule has 0 amide bonds.